The van der Waals surface area contributed by atoms with Crippen molar-refractivity contribution in [3.63, 3.8) is 0 Å². The van der Waals surface area contributed by atoms with Gasteiger partial charge in [0, 0.05) is 0 Å². The fourth-order valence-electron chi connectivity index (χ4n) is 1.70. The maximum Gasteiger partial charge on any atom is 0.416 e. The van der Waals surface area contributed by atoms with Crippen LogP contribution in [0.3, 0.4) is 0 Å². The number of rotatable bonds is 4. The number of hydrogen-bond acceptors (Lipinski definition) is 3. The van der Waals surface area contributed by atoms with Gasteiger partial charge in [-0.05, 0) is 31.5 Å². The third kappa shape index (κ3) is 4.77. The van der Waals surface area contributed by atoms with Gasteiger partial charge in [-0.15, -0.1) is 0 Å². The average Bonchev–Trinajstić information content (AvgIpc) is 2.36. The van der Waals surface area contributed by atoms with Crippen LogP contribution in [0.4, 0.5) is 13.2 Å². The first-order valence-electron chi connectivity index (χ1n) is 6.12. The minimum atomic E-state index is -4.41. The lowest BCUT2D eigenvalue weighted by Gasteiger charge is -2.23. The molecule has 0 radical (unpaired) electrons. The monoisotopic (exact) mass is 303 g/mol. The highest BCUT2D eigenvalue weighted by atomic mass is 19.4. The SMILES string of the molecule is COC(=O)C(C)(C)NC(=O)Cc1ccc(C(F)(F)F)cc1. The summed E-state index contributed by atoms with van der Waals surface area (Å²) < 4.78 is 41.7. The van der Waals surface area contributed by atoms with Crippen molar-refractivity contribution in [3.8, 4) is 0 Å². The Morgan fingerprint density at radius 1 is 1.14 bits per heavy atom. The molecule has 4 nitrogen and oxygen atoms in total. The standard InChI is InChI=1S/C14H16F3NO3/c1-13(2,12(20)21-3)18-11(19)8-9-4-6-10(7-5-9)14(15,16)17/h4-7H,8H2,1-3H3,(H,18,19). The molecule has 1 N–H and O–H groups in total. The molecule has 1 rings (SSSR count). The van der Waals surface area contributed by atoms with E-state index in [4.69, 9.17) is 0 Å². The summed E-state index contributed by atoms with van der Waals surface area (Å²) in [7, 11) is 1.20. The van der Waals surface area contributed by atoms with Crippen LogP contribution < -0.4 is 5.32 Å². The summed E-state index contributed by atoms with van der Waals surface area (Å²) >= 11 is 0. The van der Waals surface area contributed by atoms with Crippen molar-refractivity contribution in [2.24, 2.45) is 0 Å². The van der Waals surface area contributed by atoms with Crippen molar-refractivity contribution >= 4 is 11.9 Å². The topological polar surface area (TPSA) is 55.4 Å². The number of ether oxygens (including phenoxy) is 1. The van der Waals surface area contributed by atoms with Crippen LogP contribution in [0, 0.1) is 0 Å². The van der Waals surface area contributed by atoms with E-state index in [9.17, 15) is 22.8 Å². The number of alkyl halides is 3. The Hall–Kier alpha value is -2.05. The van der Waals surface area contributed by atoms with Crippen LogP contribution in [-0.4, -0.2) is 24.5 Å². The second-order valence-corrected chi connectivity index (χ2v) is 5.04. The summed E-state index contributed by atoms with van der Waals surface area (Å²) in [5, 5.41) is 2.46. The van der Waals surface area contributed by atoms with Crippen LogP contribution in [0.15, 0.2) is 24.3 Å². The molecule has 7 heteroatoms. The van der Waals surface area contributed by atoms with Crippen molar-refractivity contribution < 1.29 is 27.5 Å². The number of hydrogen-bond donors (Lipinski definition) is 1. The van der Waals surface area contributed by atoms with Gasteiger partial charge in [-0.2, -0.15) is 13.2 Å². The number of nitrogens with one attached hydrogen (secondary N) is 1. The highest BCUT2D eigenvalue weighted by Gasteiger charge is 2.31. The highest BCUT2D eigenvalue weighted by molar-refractivity contribution is 5.88. The van der Waals surface area contributed by atoms with Gasteiger partial charge in [-0.1, -0.05) is 12.1 Å². The van der Waals surface area contributed by atoms with E-state index < -0.39 is 29.2 Å². The van der Waals surface area contributed by atoms with Crippen LogP contribution in [-0.2, 0) is 26.9 Å². The Morgan fingerprint density at radius 2 is 1.67 bits per heavy atom. The van der Waals surface area contributed by atoms with Crippen LogP contribution >= 0.6 is 0 Å². The van der Waals surface area contributed by atoms with Crippen LogP contribution in [0.2, 0.25) is 0 Å². The molecule has 0 aromatic heterocycles. The molecule has 0 aliphatic carbocycles. The molecule has 0 aliphatic heterocycles. The number of esters is 1. The third-order valence-electron chi connectivity index (χ3n) is 2.79. The van der Waals surface area contributed by atoms with Gasteiger partial charge in [0.05, 0.1) is 19.1 Å². The molecule has 0 saturated heterocycles. The molecule has 1 amide bonds. The normalized spacial score (nSPS) is 11.9. The van der Waals surface area contributed by atoms with E-state index in [1.165, 1.54) is 33.1 Å². The number of methoxy groups -OCH3 is 1. The Balaban J connectivity index is 2.70. The van der Waals surface area contributed by atoms with E-state index in [1.54, 1.807) is 0 Å². The van der Waals surface area contributed by atoms with Crippen LogP contribution in [0.5, 0.6) is 0 Å². The summed E-state index contributed by atoms with van der Waals surface area (Å²) in [6, 6.07) is 4.28. The molecule has 0 aliphatic rings. The molecule has 0 spiro atoms. The molecular weight excluding hydrogens is 287 g/mol. The maximum absolute atomic E-state index is 12.4. The molecule has 0 saturated carbocycles. The molecular formula is C14H16F3NO3. The van der Waals surface area contributed by atoms with Gasteiger partial charge < -0.3 is 10.1 Å². The van der Waals surface area contributed by atoms with Gasteiger partial charge in [0.15, 0.2) is 0 Å². The van der Waals surface area contributed by atoms with Gasteiger partial charge in [0.25, 0.3) is 0 Å². The number of amides is 1. The molecule has 116 valence electrons. The van der Waals surface area contributed by atoms with Crippen molar-refractivity contribution in [2.45, 2.75) is 32.0 Å². The first kappa shape index (κ1) is 17.0. The van der Waals surface area contributed by atoms with Gasteiger partial charge in [0.1, 0.15) is 5.54 Å². The second-order valence-electron chi connectivity index (χ2n) is 5.04. The van der Waals surface area contributed by atoms with E-state index in [1.807, 2.05) is 0 Å². The van der Waals surface area contributed by atoms with Gasteiger partial charge >= 0.3 is 12.1 Å². The Kier molecular flexibility index (Phi) is 4.98. The van der Waals surface area contributed by atoms with E-state index in [0.29, 0.717) is 5.56 Å². The second kappa shape index (κ2) is 6.15. The van der Waals surface area contributed by atoms with Crippen LogP contribution in [0.1, 0.15) is 25.0 Å². The first-order valence-corrected chi connectivity index (χ1v) is 6.12. The minimum absolute atomic E-state index is 0.126. The number of carbonyl (C=O) groups is 2. The fourth-order valence-corrected chi connectivity index (χ4v) is 1.70. The van der Waals surface area contributed by atoms with Gasteiger partial charge in [0.2, 0.25) is 5.91 Å². The Morgan fingerprint density at radius 3 is 2.10 bits per heavy atom. The molecule has 0 fully saturated rings. The summed E-state index contributed by atoms with van der Waals surface area (Å²) in [6.45, 7) is 2.95. The summed E-state index contributed by atoms with van der Waals surface area (Å²) in [5.74, 6) is -1.09. The van der Waals surface area contributed by atoms with Crippen molar-refractivity contribution in [2.75, 3.05) is 7.11 Å². The predicted molar refractivity (Wildman–Crippen MR) is 69.4 cm³/mol. The quantitative estimate of drug-likeness (QED) is 0.869. The molecule has 0 atom stereocenters. The van der Waals surface area contributed by atoms with E-state index in [-0.39, 0.29) is 6.42 Å². The van der Waals surface area contributed by atoms with Crippen molar-refractivity contribution in [3.05, 3.63) is 35.4 Å². The number of benzene rings is 1. The van der Waals surface area contributed by atoms with E-state index in [2.05, 4.69) is 10.1 Å². The maximum atomic E-state index is 12.4. The Labute approximate surface area is 120 Å². The predicted octanol–water partition coefficient (Wildman–Crippen LogP) is 2.32. The molecule has 1 aromatic carbocycles. The van der Waals surface area contributed by atoms with Crippen LogP contribution in [0.25, 0.3) is 0 Å². The molecule has 0 bridgehead atoms. The van der Waals surface area contributed by atoms with Gasteiger partial charge in [-0.25, -0.2) is 4.79 Å². The Bertz CT molecular complexity index is 521. The van der Waals surface area contributed by atoms with E-state index >= 15 is 0 Å². The zero-order valence-corrected chi connectivity index (χ0v) is 11.9. The number of halogens is 3. The molecule has 0 heterocycles. The molecule has 1 aromatic rings. The van der Waals surface area contributed by atoms with Crippen molar-refractivity contribution in [1.29, 1.82) is 0 Å². The lowest BCUT2D eigenvalue weighted by Crippen LogP contribution is -2.50. The lowest BCUT2D eigenvalue weighted by molar-refractivity contribution is -0.149. The summed E-state index contributed by atoms with van der Waals surface area (Å²) in [4.78, 5) is 23.2. The minimum Gasteiger partial charge on any atom is -0.467 e. The average molecular weight is 303 g/mol. The van der Waals surface area contributed by atoms with E-state index in [0.717, 1.165) is 12.1 Å². The largest absolute Gasteiger partial charge is 0.467 e. The van der Waals surface area contributed by atoms with Crippen molar-refractivity contribution in [1.82, 2.24) is 5.32 Å². The molecule has 0 unspecified atom stereocenters. The summed E-state index contributed by atoms with van der Waals surface area (Å²) in [5.41, 5.74) is -1.56. The zero-order chi connectivity index (χ0) is 16.3. The zero-order valence-electron chi connectivity index (χ0n) is 11.9. The third-order valence-corrected chi connectivity index (χ3v) is 2.79. The highest BCUT2D eigenvalue weighted by Crippen LogP contribution is 2.29. The number of carbonyl (C=O) groups excluding carboxylic acids is 2. The molecule has 21 heavy (non-hydrogen) atoms. The van der Waals surface area contributed by atoms with Gasteiger partial charge in [-0.3, -0.25) is 4.79 Å². The summed E-state index contributed by atoms with van der Waals surface area (Å²) in [6.07, 6.45) is -4.54. The lowest BCUT2D eigenvalue weighted by atomic mass is 10.0. The fraction of sp³-hybridized carbons (Fsp3) is 0.429. The smallest absolute Gasteiger partial charge is 0.416 e. The first-order chi connectivity index (χ1) is 9.56.